The van der Waals surface area contributed by atoms with Gasteiger partial charge in [-0.1, -0.05) is 42.5 Å². The molecule has 1 unspecified atom stereocenters. The van der Waals surface area contributed by atoms with Gasteiger partial charge in [-0.05, 0) is 70.6 Å². The average molecular weight is 533 g/mol. The molecular weight excluding hydrogens is 503 g/mol. The van der Waals surface area contributed by atoms with Gasteiger partial charge in [0.1, 0.15) is 17.6 Å². The Kier molecular flexibility index (Phi) is 6.01. The second kappa shape index (κ2) is 9.84. The van der Waals surface area contributed by atoms with Crippen molar-refractivity contribution in [3.63, 3.8) is 0 Å². The minimum atomic E-state index is -0.690. The molecule has 1 fully saturated rings. The molecule has 5 aromatic rings. The summed E-state index contributed by atoms with van der Waals surface area (Å²) in [5, 5.41) is 15.2. The van der Waals surface area contributed by atoms with Crippen molar-refractivity contribution in [2.75, 3.05) is 31.1 Å². The number of phenols is 1. The van der Waals surface area contributed by atoms with Gasteiger partial charge in [0.25, 0.3) is 5.91 Å². The Balaban J connectivity index is 1.24. The van der Waals surface area contributed by atoms with Crippen molar-refractivity contribution in [2.24, 2.45) is 0 Å². The van der Waals surface area contributed by atoms with Crippen molar-refractivity contribution in [3.05, 3.63) is 119 Å². The highest BCUT2D eigenvalue weighted by Crippen LogP contribution is 2.41. The number of aromatic nitrogens is 1. The molecule has 0 spiro atoms. The monoisotopic (exact) mass is 532 g/mol. The number of para-hydroxylation sites is 1. The number of aromatic amines is 1. The number of halogens is 1. The van der Waals surface area contributed by atoms with Crippen molar-refractivity contribution in [1.29, 1.82) is 0 Å². The zero-order chi connectivity index (χ0) is 27.2. The fraction of sp³-hybridized carbons (Fsp3) is 0.182. The Bertz CT molecular complexity index is 1690. The van der Waals surface area contributed by atoms with Crippen molar-refractivity contribution in [2.45, 2.75) is 12.6 Å². The Labute approximate surface area is 231 Å². The number of aromatic hydroxyl groups is 1. The summed E-state index contributed by atoms with van der Waals surface area (Å²) in [6, 6.07) is 27.5. The lowest BCUT2D eigenvalue weighted by molar-refractivity contribution is 0.0726. The highest BCUT2D eigenvalue weighted by Gasteiger charge is 2.37. The second-order valence-electron chi connectivity index (χ2n) is 10.5. The molecule has 6 nitrogen and oxygen atoms in total. The van der Waals surface area contributed by atoms with Crippen LogP contribution in [0.2, 0.25) is 0 Å². The van der Waals surface area contributed by atoms with Gasteiger partial charge in [-0.3, -0.25) is 4.79 Å². The van der Waals surface area contributed by atoms with E-state index in [1.165, 1.54) is 23.9 Å². The lowest BCUT2D eigenvalue weighted by Crippen LogP contribution is -2.43. The summed E-state index contributed by atoms with van der Waals surface area (Å²) in [6.07, 6.45) is 0. The van der Waals surface area contributed by atoms with Gasteiger partial charge in [-0.2, -0.15) is 0 Å². The summed E-state index contributed by atoms with van der Waals surface area (Å²) in [5.74, 6) is -0.676. The maximum Gasteiger partial charge on any atom is 0.255 e. The van der Waals surface area contributed by atoms with Gasteiger partial charge in [-0.15, -0.1) is 0 Å². The van der Waals surface area contributed by atoms with Gasteiger partial charge in [0.15, 0.2) is 0 Å². The standard InChI is InChI=1S/C33H29FN4O2/c34-25-9-12-31(39)28(19-25)32(30-18-23-3-1-2-4-29(23)36-30)38-20-24-6-5-22(17-27(24)33(38)40)21-7-10-26(11-8-21)37-15-13-35-14-16-37/h1-12,17-19,32,35-36,39H,13-16,20H2. The van der Waals surface area contributed by atoms with Gasteiger partial charge in [0.2, 0.25) is 0 Å². The van der Waals surface area contributed by atoms with E-state index in [4.69, 9.17) is 0 Å². The summed E-state index contributed by atoms with van der Waals surface area (Å²) in [4.78, 5) is 21.4. The van der Waals surface area contributed by atoms with Crippen LogP contribution in [0.4, 0.5) is 10.1 Å². The number of carbonyl (C=O) groups is 1. The normalized spacial score (nSPS) is 16.0. The van der Waals surface area contributed by atoms with Gasteiger partial charge < -0.3 is 25.2 Å². The summed E-state index contributed by atoms with van der Waals surface area (Å²) < 4.78 is 14.4. The Morgan fingerprint density at radius 3 is 2.42 bits per heavy atom. The van der Waals surface area contributed by atoms with E-state index in [1.807, 2.05) is 48.5 Å². The van der Waals surface area contributed by atoms with Crippen molar-refractivity contribution in [1.82, 2.24) is 15.2 Å². The highest BCUT2D eigenvalue weighted by atomic mass is 19.1. The third-order valence-electron chi connectivity index (χ3n) is 8.07. The van der Waals surface area contributed by atoms with Crippen LogP contribution in [-0.4, -0.2) is 47.1 Å². The Hall–Kier alpha value is -4.62. The molecule has 7 heteroatoms. The molecule has 3 heterocycles. The molecule has 2 aliphatic heterocycles. The van der Waals surface area contributed by atoms with Crippen LogP contribution in [0.15, 0.2) is 91.0 Å². The highest BCUT2D eigenvalue weighted by molar-refractivity contribution is 6.00. The maximum atomic E-state index is 14.4. The van der Waals surface area contributed by atoms with Gasteiger partial charge >= 0.3 is 0 Å². The van der Waals surface area contributed by atoms with Crippen molar-refractivity contribution in [3.8, 4) is 16.9 Å². The smallest absolute Gasteiger partial charge is 0.255 e. The first-order valence-corrected chi connectivity index (χ1v) is 13.6. The zero-order valence-electron chi connectivity index (χ0n) is 21.9. The van der Waals surface area contributed by atoms with Crippen molar-refractivity contribution >= 4 is 22.5 Å². The molecule has 7 rings (SSSR count). The number of fused-ring (bicyclic) bond motifs is 2. The summed E-state index contributed by atoms with van der Waals surface area (Å²) in [6.45, 7) is 4.30. The number of carbonyl (C=O) groups excluding carboxylic acids is 1. The predicted molar refractivity (Wildman–Crippen MR) is 155 cm³/mol. The molecule has 0 saturated carbocycles. The number of rotatable bonds is 5. The molecule has 0 bridgehead atoms. The van der Waals surface area contributed by atoms with Crippen LogP contribution >= 0.6 is 0 Å². The lowest BCUT2D eigenvalue weighted by Gasteiger charge is -2.29. The summed E-state index contributed by atoms with van der Waals surface area (Å²) in [7, 11) is 0. The molecule has 200 valence electrons. The molecular formula is C33H29FN4O2. The van der Waals surface area contributed by atoms with Gasteiger partial charge in [0.05, 0.1) is 0 Å². The molecule has 2 aliphatic rings. The van der Waals surface area contributed by atoms with Crippen LogP contribution in [0.25, 0.3) is 22.0 Å². The number of nitrogens with one attached hydrogen (secondary N) is 2. The first kappa shape index (κ1) is 24.4. The fourth-order valence-corrected chi connectivity index (χ4v) is 5.99. The lowest BCUT2D eigenvalue weighted by atomic mass is 10.00. The van der Waals surface area contributed by atoms with Crippen LogP contribution in [0, 0.1) is 5.82 Å². The second-order valence-corrected chi connectivity index (χ2v) is 10.5. The molecule has 0 aliphatic carbocycles. The largest absolute Gasteiger partial charge is 0.508 e. The molecule has 4 aromatic carbocycles. The van der Waals surface area contributed by atoms with Crippen LogP contribution in [-0.2, 0) is 6.54 Å². The SMILES string of the molecule is O=C1c2cc(-c3ccc(N4CCNCC4)cc3)ccc2CN1C(c1cc2ccccc2[nH]1)c1cc(F)ccc1O. The van der Waals surface area contributed by atoms with E-state index in [1.54, 1.807) is 4.90 Å². The van der Waals surface area contributed by atoms with E-state index in [0.29, 0.717) is 23.4 Å². The molecule has 40 heavy (non-hydrogen) atoms. The van der Waals surface area contributed by atoms with E-state index in [-0.39, 0.29) is 11.7 Å². The quantitative estimate of drug-likeness (QED) is 0.266. The molecule has 1 aromatic heterocycles. The fourth-order valence-electron chi connectivity index (χ4n) is 5.99. The Morgan fingerprint density at radius 2 is 1.62 bits per heavy atom. The van der Waals surface area contributed by atoms with E-state index in [2.05, 4.69) is 39.5 Å². The maximum absolute atomic E-state index is 14.4. The van der Waals surface area contributed by atoms with Gasteiger partial charge in [0, 0.05) is 60.7 Å². The summed E-state index contributed by atoms with van der Waals surface area (Å²) >= 11 is 0. The number of H-pyrrole nitrogens is 1. The number of piperazine rings is 1. The third kappa shape index (κ3) is 4.28. The average Bonchev–Trinajstić information content (AvgIpc) is 3.56. The minimum absolute atomic E-state index is 0.0564. The molecule has 1 amide bonds. The number of hydrogen-bond donors (Lipinski definition) is 3. The molecule has 1 atom stereocenters. The predicted octanol–water partition coefficient (Wildman–Crippen LogP) is 5.83. The first-order chi connectivity index (χ1) is 19.5. The first-order valence-electron chi connectivity index (χ1n) is 13.6. The number of anilines is 1. The Morgan fingerprint density at radius 1 is 0.850 bits per heavy atom. The number of phenolic OH excluding ortho intramolecular Hbond substituents is 1. The zero-order valence-corrected chi connectivity index (χ0v) is 21.9. The minimum Gasteiger partial charge on any atom is -0.508 e. The van der Waals surface area contributed by atoms with E-state index in [9.17, 15) is 14.3 Å². The van der Waals surface area contributed by atoms with Gasteiger partial charge in [-0.25, -0.2) is 4.39 Å². The number of nitrogens with zero attached hydrogens (tertiary/aromatic N) is 2. The number of hydrogen-bond acceptors (Lipinski definition) is 4. The van der Waals surface area contributed by atoms with Crippen LogP contribution < -0.4 is 10.2 Å². The number of benzene rings is 4. The van der Waals surface area contributed by atoms with Crippen LogP contribution in [0.1, 0.15) is 33.2 Å². The van der Waals surface area contributed by atoms with Crippen molar-refractivity contribution < 1.29 is 14.3 Å². The van der Waals surface area contributed by atoms with Crippen LogP contribution in [0.3, 0.4) is 0 Å². The number of amides is 1. The molecule has 3 N–H and O–H groups in total. The van der Waals surface area contributed by atoms with Crippen LogP contribution in [0.5, 0.6) is 5.75 Å². The molecule has 0 radical (unpaired) electrons. The van der Waals surface area contributed by atoms with E-state index >= 15 is 0 Å². The third-order valence-corrected chi connectivity index (χ3v) is 8.07. The topological polar surface area (TPSA) is 71.6 Å². The van der Waals surface area contributed by atoms with E-state index < -0.39 is 11.9 Å². The summed E-state index contributed by atoms with van der Waals surface area (Å²) in [5.41, 5.74) is 6.71. The molecule has 1 saturated heterocycles. The van der Waals surface area contributed by atoms with E-state index in [0.717, 1.165) is 53.8 Å².